The Morgan fingerprint density at radius 1 is 1.53 bits per heavy atom. The van der Waals surface area contributed by atoms with Gasteiger partial charge in [-0.3, -0.25) is 0 Å². The summed E-state index contributed by atoms with van der Waals surface area (Å²) >= 11 is 0. The van der Waals surface area contributed by atoms with Gasteiger partial charge in [-0.2, -0.15) is 5.26 Å². The molecule has 0 spiro atoms. The van der Waals surface area contributed by atoms with E-state index in [2.05, 4.69) is 24.9 Å². The molecule has 1 aromatic heterocycles. The van der Waals surface area contributed by atoms with Gasteiger partial charge in [0.25, 0.3) is 0 Å². The third-order valence-corrected chi connectivity index (χ3v) is 3.11. The number of nitrogen functional groups attached to an aromatic ring is 1. The minimum Gasteiger partial charge on any atom is -0.383 e. The maximum absolute atomic E-state index is 8.89. The van der Waals surface area contributed by atoms with Gasteiger partial charge in [-0.15, -0.1) is 0 Å². The van der Waals surface area contributed by atoms with Crippen LogP contribution in [-0.4, -0.2) is 4.98 Å². The van der Waals surface area contributed by atoms with Gasteiger partial charge in [0.15, 0.2) is 0 Å². The topological polar surface area (TPSA) is 62.7 Å². The van der Waals surface area contributed by atoms with Crippen molar-refractivity contribution in [3.05, 3.63) is 22.9 Å². The van der Waals surface area contributed by atoms with Crippen LogP contribution in [0.5, 0.6) is 0 Å². The predicted molar refractivity (Wildman–Crippen MR) is 59.3 cm³/mol. The molecule has 1 heterocycles. The predicted octanol–water partition coefficient (Wildman–Crippen LogP) is 2.22. The normalized spacial score (nSPS) is 24.3. The number of hydrogen-bond donors (Lipinski definition) is 1. The number of aromatic nitrogens is 1. The van der Waals surface area contributed by atoms with Gasteiger partial charge in [-0.05, 0) is 36.3 Å². The maximum Gasteiger partial charge on any atom is 0.141 e. The zero-order chi connectivity index (χ0) is 11.0. The van der Waals surface area contributed by atoms with Gasteiger partial charge < -0.3 is 5.73 Å². The van der Waals surface area contributed by atoms with Crippen LogP contribution in [0.4, 0.5) is 5.82 Å². The van der Waals surface area contributed by atoms with Gasteiger partial charge in [0, 0.05) is 5.69 Å². The summed E-state index contributed by atoms with van der Waals surface area (Å²) in [4.78, 5) is 4.34. The minimum absolute atomic E-state index is 0.373. The fourth-order valence-corrected chi connectivity index (χ4v) is 2.41. The number of fused-ring (bicyclic) bond motifs is 1. The molecule has 1 aliphatic carbocycles. The molecule has 0 saturated heterocycles. The Bertz CT molecular complexity index is 431. The first-order valence-electron chi connectivity index (χ1n) is 5.31. The average molecular weight is 201 g/mol. The molecule has 3 nitrogen and oxygen atoms in total. The SMILES string of the molecule is CC1Cc2nc(N)c(C#N)cc2C(C)C1. The molecule has 0 radical (unpaired) electrons. The van der Waals surface area contributed by atoms with Crippen LogP contribution < -0.4 is 5.73 Å². The van der Waals surface area contributed by atoms with Crippen molar-refractivity contribution >= 4 is 5.82 Å². The lowest BCUT2D eigenvalue weighted by atomic mass is 9.80. The Hall–Kier alpha value is -1.56. The summed E-state index contributed by atoms with van der Waals surface area (Å²) in [6, 6.07) is 4.00. The molecule has 1 aromatic rings. The lowest BCUT2D eigenvalue weighted by Gasteiger charge is -2.26. The lowest BCUT2D eigenvalue weighted by molar-refractivity contribution is 0.442. The molecule has 0 saturated carbocycles. The van der Waals surface area contributed by atoms with Crippen molar-refractivity contribution in [2.45, 2.75) is 32.6 Å². The molecule has 0 bridgehead atoms. The van der Waals surface area contributed by atoms with Crippen LogP contribution in [0.15, 0.2) is 6.07 Å². The van der Waals surface area contributed by atoms with Crippen LogP contribution in [0, 0.1) is 17.2 Å². The molecular weight excluding hydrogens is 186 g/mol. The maximum atomic E-state index is 8.89. The fourth-order valence-electron chi connectivity index (χ4n) is 2.41. The molecule has 2 rings (SSSR count). The first-order valence-corrected chi connectivity index (χ1v) is 5.31. The number of hydrogen-bond acceptors (Lipinski definition) is 3. The first-order chi connectivity index (χ1) is 7.11. The highest BCUT2D eigenvalue weighted by Crippen LogP contribution is 2.34. The van der Waals surface area contributed by atoms with Crippen LogP contribution in [0.2, 0.25) is 0 Å². The summed E-state index contributed by atoms with van der Waals surface area (Å²) in [5.41, 5.74) is 8.51. The molecule has 0 amide bonds. The van der Waals surface area contributed by atoms with Crippen molar-refractivity contribution in [3.8, 4) is 6.07 Å². The molecule has 0 aromatic carbocycles. The van der Waals surface area contributed by atoms with Gasteiger partial charge in [0.05, 0.1) is 5.56 Å². The van der Waals surface area contributed by atoms with E-state index in [9.17, 15) is 0 Å². The van der Waals surface area contributed by atoms with E-state index < -0.39 is 0 Å². The van der Waals surface area contributed by atoms with Crippen molar-refractivity contribution < 1.29 is 0 Å². The quantitative estimate of drug-likeness (QED) is 0.700. The van der Waals surface area contributed by atoms with Gasteiger partial charge in [-0.25, -0.2) is 4.98 Å². The summed E-state index contributed by atoms with van der Waals surface area (Å²) in [6.07, 6.45) is 2.15. The molecule has 3 heteroatoms. The van der Waals surface area contributed by atoms with Crippen LogP contribution >= 0.6 is 0 Å². The van der Waals surface area contributed by atoms with Gasteiger partial charge in [-0.1, -0.05) is 13.8 Å². The van der Waals surface area contributed by atoms with Crippen LogP contribution in [-0.2, 0) is 6.42 Å². The summed E-state index contributed by atoms with van der Waals surface area (Å²) in [7, 11) is 0. The van der Waals surface area contributed by atoms with Gasteiger partial charge in [0.2, 0.25) is 0 Å². The number of nitrogens with two attached hydrogens (primary N) is 1. The third-order valence-electron chi connectivity index (χ3n) is 3.11. The molecule has 0 fully saturated rings. The second-order valence-corrected chi connectivity index (χ2v) is 4.51. The van der Waals surface area contributed by atoms with Crippen molar-refractivity contribution in [2.24, 2.45) is 5.92 Å². The van der Waals surface area contributed by atoms with Crippen molar-refractivity contribution in [1.82, 2.24) is 4.98 Å². The second kappa shape index (κ2) is 3.54. The number of nitrogens with zero attached hydrogens (tertiary/aromatic N) is 2. The largest absolute Gasteiger partial charge is 0.383 e. The van der Waals surface area contributed by atoms with Crippen LogP contribution in [0.1, 0.15) is 43.0 Å². The molecule has 1 aliphatic rings. The Labute approximate surface area is 89.9 Å². The molecule has 0 aliphatic heterocycles. The lowest BCUT2D eigenvalue weighted by Crippen LogP contribution is -2.17. The number of anilines is 1. The number of pyridine rings is 1. The van der Waals surface area contributed by atoms with E-state index in [0.29, 0.717) is 23.2 Å². The van der Waals surface area contributed by atoms with E-state index in [4.69, 9.17) is 11.0 Å². The zero-order valence-corrected chi connectivity index (χ0v) is 9.12. The van der Waals surface area contributed by atoms with Crippen LogP contribution in [0.25, 0.3) is 0 Å². The molecule has 2 atom stereocenters. The molecule has 78 valence electrons. The van der Waals surface area contributed by atoms with E-state index in [1.165, 1.54) is 12.0 Å². The highest BCUT2D eigenvalue weighted by Gasteiger charge is 2.23. The molecule has 2 N–H and O–H groups in total. The summed E-state index contributed by atoms with van der Waals surface area (Å²) in [5.74, 6) is 1.52. The number of nitriles is 1. The monoisotopic (exact) mass is 201 g/mol. The Balaban J connectivity index is 2.53. The van der Waals surface area contributed by atoms with Crippen molar-refractivity contribution in [1.29, 1.82) is 5.26 Å². The molecule has 2 unspecified atom stereocenters. The van der Waals surface area contributed by atoms with E-state index >= 15 is 0 Å². The molecular formula is C12H15N3. The van der Waals surface area contributed by atoms with Gasteiger partial charge in [0.1, 0.15) is 11.9 Å². The third kappa shape index (κ3) is 1.68. The highest BCUT2D eigenvalue weighted by atomic mass is 14.9. The zero-order valence-electron chi connectivity index (χ0n) is 9.12. The molecule has 15 heavy (non-hydrogen) atoms. The summed E-state index contributed by atoms with van der Waals surface area (Å²) in [6.45, 7) is 4.42. The Morgan fingerprint density at radius 2 is 2.27 bits per heavy atom. The average Bonchev–Trinajstić information content (AvgIpc) is 2.16. The van der Waals surface area contributed by atoms with Crippen molar-refractivity contribution in [3.63, 3.8) is 0 Å². The minimum atomic E-state index is 0.373. The summed E-state index contributed by atoms with van der Waals surface area (Å²) in [5, 5.41) is 8.89. The summed E-state index contributed by atoms with van der Waals surface area (Å²) < 4.78 is 0. The smallest absolute Gasteiger partial charge is 0.141 e. The van der Waals surface area contributed by atoms with E-state index in [1.54, 1.807) is 0 Å². The Kier molecular flexibility index (Phi) is 2.36. The van der Waals surface area contributed by atoms with E-state index in [1.807, 2.05) is 6.07 Å². The highest BCUT2D eigenvalue weighted by molar-refractivity contribution is 5.52. The Morgan fingerprint density at radius 3 is 2.93 bits per heavy atom. The standard InChI is InChI=1S/C12H15N3/c1-7-3-8(2)10-5-9(6-13)12(14)15-11(10)4-7/h5,7-8H,3-4H2,1-2H3,(H2,14,15). The van der Waals surface area contributed by atoms with E-state index in [0.717, 1.165) is 12.1 Å². The first kappa shape index (κ1) is 9.97. The second-order valence-electron chi connectivity index (χ2n) is 4.51. The van der Waals surface area contributed by atoms with Gasteiger partial charge >= 0.3 is 0 Å². The van der Waals surface area contributed by atoms with Crippen LogP contribution in [0.3, 0.4) is 0 Å². The van der Waals surface area contributed by atoms with Crippen molar-refractivity contribution in [2.75, 3.05) is 5.73 Å². The van der Waals surface area contributed by atoms with E-state index in [-0.39, 0.29) is 0 Å². The fraction of sp³-hybridized carbons (Fsp3) is 0.500. The number of rotatable bonds is 0.